The van der Waals surface area contributed by atoms with Gasteiger partial charge in [-0.25, -0.2) is 4.79 Å². The third-order valence-electron chi connectivity index (χ3n) is 1.19. The van der Waals surface area contributed by atoms with Crippen molar-refractivity contribution in [2.45, 2.75) is 17.7 Å². The molecule has 0 aliphatic carbocycles. The van der Waals surface area contributed by atoms with Crippen molar-refractivity contribution in [3.05, 3.63) is 11.8 Å². The topological polar surface area (TPSA) is 26.3 Å². The van der Waals surface area contributed by atoms with Crippen LogP contribution in [-0.2, 0) is 9.53 Å². The minimum Gasteiger partial charge on any atom is -0.429 e. The minimum absolute atomic E-state index is 0.537. The van der Waals surface area contributed by atoms with Gasteiger partial charge in [0.05, 0.1) is 0 Å². The highest BCUT2D eigenvalue weighted by Crippen LogP contribution is 2.33. The van der Waals surface area contributed by atoms with Crippen molar-refractivity contribution in [2.75, 3.05) is 0 Å². The number of halogens is 2. The first-order chi connectivity index (χ1) is 4.56. The van der Waals surface area contributed by atoms with E-state index < -0.39 is 10.3 Å². The first-order valence-electron chi connectivity index (χ1n) is 2.88. The molecule has 0 radical (unpaired) electrons. The van der Waals surface area contributed by atoms with E-state index in [0.29, 0.717) is 12.2 Å². The van der Waals surface area contributed by atoms with Crippen LogP contribution in [0.5, 0.6) is 0 Å². The van der Waals surface area contributed by atoms with E-state index in [-0.39, 0.29) is 0 Å². The lowest BCUT2D eigenvalue weighted by Crippen LogP contribution is -2.18. The summed E-state index contributed by atoms with van der Waals surface area (Å²) in [6.45, 7) is 1.86. The van der Waals surface area contributed by atoms with Crippen LogP contribution < -0.4 is 0 Å². The number of ether oxygens (including phenoxy) is 1. The molecule has 1 rings (SSSR count). The van der Waals surface area contributed by atoms with Gasteiger partial charge in [-0.3, -0.25) is 0 Å². The number of hydrogen-bond acceptors (Lipinski definition) is 2. The second-order valence-corrected chi connectivity index (χ2v) is 3.36. The molecule has 1 heterocycles. The van der Waals surface area contributed by atoms with Gasteiger partial charge in [0.2, 0.25) is 4.33 Å². The van der Waals surface area contributed by atoms with Crippen LogP contribution in [0.3, 0.4) is 0 Å². The predicted molar refractivity (Wildman–Crippen MR) is 38.9 cm³/mol. The van der Waals surface area contributed by atoms with Gasteiger partial charge in [-0.15, -0.1) is 0 Å². The molecule has 0 saturated carbocycles. The van der Waals surface area contributed by atoms with E-state index >= 15 is 0 Å². The summed E-state index contributed by atoms with van der Waals surface area (Å²) < 4.78 is 3.23. The fraction of sp³-hybridized carbons (Fsp3) is 0.500. The van der Waals surface area contributed by atoms with Crippen LogP contribution in [0.1, 0.15) is 13.3 Å². The summed E-state index contributed by atoms with van der Waals surface area (Å²) >= 11 is 11.0. The van der Waals surface area contributed by atoms with Crippen molar-refractivity contribution < 1.29 is 9.53 Å². The normalized spacial score (nSPS) is 22.3. The third kappa shape index (κ3) is 1.27. The number of allylic oxidation sites excluding steroid dienone is 1. The Kier molecular flexibility index (Phi) is 1.92. The molecular formula is C6H6Cl2O2. The highest BCUT2D eigenvalue weighted by molar-refractivity contribution is 6.59. The van der Waals surface area contributed by atoms with Crippen molar-refractivity contribution >= 4 is 29.2 Å². The Balaban J connectivity index is 2.81. The van der Waals surface area contributed by atoms with E-state index in [1.807, 2.05) is 6.92 Å². The summed E-state index contributed by atoms with van der Waals surface area (Å²) in [7, 11) is 0. The summed E-state index contributed by atoms with van der Waals surface area (Å²) in [5.41, 5.74) is 0. The average Bonchev–Trinajstić information content (AvgIpc) is 2.08. The summed E-state index contributed by atoms with van der Waals surface area (Å²) in [6, 6.07) is 0. The molecule has 0 bridgehead atoms. The Morgan fingerprint density at radius 2 is 2.30 bits per heavy atom. The molecule has 10 heavy (non-hydrogen) atoms. The Bertz CT molecular complexity index is 196. The van der Waals surface area contributed by atoms with Crippen LogP contribution in [0.25, 0.3) is 0 Å². The van der Waals surface area contributed by atoms with Crippen LogP contribution in [0, 0.1) is 0 Å². The molecule has 0 spiro atoms. The smallest absolute Gasteiger partial charge is 0.351 e. The van der Waals surface area contributed by atoms with E-state index in [4.69, 9.17) is 23.2 Å². The van der Waals surface area contributed by atoms with Gasteiger partial charge >= 0.3 is 5.97 Å². The molecule has 0 aromatic carbocycles. The second kappa shape index (κ2) is 2.44. The van der Waals surface area contributed by atoms with E-state index in [0.717, 1.165) is 0 Å². The monoisotopic (exact) mass is 180 g/mol. The van der Waals surface area contributed by atoms with Crippen molar-refractivity contribution in [3.63, 3.8) is 0 Å². The molecule has 0 N–H and O–H groups in total. The Morgan fingerprint density at radius 1 is 1.70 bits per heavy atom. The highest BCUT2D eigenvalue weighted by Gasteiger charge is 2.39. The van der Waals surface area contributed by atoms with Crippen LogP contribution in [0.2, 0.25) is 0 Å². The fourth-order valence-corrected chi connectivity index (χ4v) is 0.972. The Hall–Kier alpha value is -0.210. The van der Waals surface area contributed by atoms with E-state index in [1.165, 1.54) is 6.08 Å². The lowest BCUT2D eigenvalue weighted by Gasteiger charge is -2.01. The number of cyclic esters (lactones) is 1. The van der Waals surface area contributed by atoms with Gasteiger partial charge in [0.1, 0.15) is 5.76 Å². The van der Waals surface area contributed by atoms with Gasteiger partial charge in [-0.05, 0) is 0 Å². The Morgan fingerprint density at radius 3 is 2.50 bits per heavy atom. The first-order valence-corrected chi connectivity index (χ1v) is 3.63. The van der Waals surface area contributed by atoms with Gasteiger partial charge in [0.15, 0.2) is 0 Å². The second-order valence-electron chi connectivity index (χ2n) is 1.98. The number of esters is 1. The summed E-state index contributed by atoms with van der Waals surface area (Å²) in [5.74, 6) is -0.0670. The van der Waals surface area contributed by atoms with Crippen molar-refractivity contribution in [2.24, 2.45) is 0 Å². The number of carbonyl (C=O) groups is 1. The van der Waals surface area contributed by atoms with Crippen molar-refractivity contribution in [1.29, 1.82) is 0 Å². The lowest BCUT2D eigenvalue weighted by molar-refractivity contribution is -0.137. The molecule has 4 heteroatoms. The molecular weight excluding hydrogens is 175 g/mol. The quantitative estimate of drug-likeness (QED) is 0.456. The maximum absolute atomic E-state index is 10.7. The highest BCUT2D eigenvalue weighted by atomic mass is 35.5. The number of carbonyl (C=O) groups excluding carboxylic acids is 1. The van der Waals surface area contributed by atoms with Gasteiger partial charge in [-0.1, -0.05) is 30.1 Å². The fourth-order valence-electron chi connectivity index (χ4n) is 0.652. The molecule has 0 aromatic heterocycles. The van der Waals surface area contributed by atoms with Gasteiger partial charge in [-0.2, -0.15) is 0 Å². The number of hydrogen-bond donors (Lipinski definition) is 0. The van der Waals surface area contributed by atoms with Crippen molar-refractivity contribution in [1.82, 2.24) is 0 Å². The molecule has 0 saturated heterocycles. The van der Waals surface area contributed by atoms with Gasteiger partial charge in [0.25, 0.3) is 0 Å². The van der Waals surface area contributed by atoms with Gasteiger partial charge < -0.3 is 4.74 Å². The van der Waals surface area contributed by atoms with Crippen LogP contribution in [0.15, 0.2) is 11.8 Å². The van der Waals surface area contributed by atoms with E-state index in [9.17, 15) is 4.79 Å². The maximum Gasteiger partial charge on any atom is 0.351 e. The zero-order valence-electron chi connectivity index (χ0n) is 5.36. The molecule has 1 aliphatic heterocycles. The molecule has 1 aliphatic rings. The molecule has 0 unspecified atom stereocenters. The number of rotatable bonds is 1. The van der Waals surface area contributed by atoms with Crippen LogP contribution in [-0.4, -0.2) is 10.3 Å². The molecule has 0 fully saturated rings. The largest absolute Gasteiger partial charge is 0.429 e. The standard InChI is InChI=1S/C6H6Cl2O2/c1-2-4-3-6(7,8)5(9)10-4/h3H,2H2,1H3. The van der Waals surface area contributed by atoms with E-state index in [1.54, 1.807) is 0 Å². The third-order valence-corrected chi connectivity index (χ3v) is 1.71. The zero-order chi connectivity index (χ0) is 7.78. The molecule has 0 amide bonds. The molecule has 56 valence electrons. The van der Waals surface area contributed by atoms with Crippen LogP contribution in [0.4, 0.5) is 0 Å². The minimum atomic E-state index is -1.45. The zero-order valence-corrected chi connectivity index (χ0v) is 6.87. The maximum atomic E-state index is 10.7. The summed E-state index contributed by atoms with van der Waals surface area (Å²) in [6.07, 6.45) is 2.05. The average molecular weight is 181 g/mol. The number of alkyl halides is 2. The molecule has 2 nitrogen and oxygen atoms in total. The predicted octanol–water partition coefficient (Wildman–Crippen LogP) is 2.01. The van der Waals surface area contributed by atoms with Gasteiger partial charge in [0, 0.05) is 12.5 Å². The van der Waals surface area contributed by atoms with Crippen molar-refractivity contribution in [3.8, 4) is 0 Å². The molecule has 0 atom stereocenters. The Labute approximate surface area is 68.8 Å². The molecule has 0 aromatic rings. The van der Waals surface area contributed by atoms with E-state index in [2.05, 4.69) is 4.74 Å². The first kappa shape index (κ1) is 7.89. The lowest BCUT2D eigenvalue weighted by atomic mass is 10.3. The SMILES string of the molecule is CCC1=CC(Cl)(Cl)C(=O)O1. The summed E-state index contributed by atoms with van der Waals surface area (Å²) in [5, 5.41) is 0. The van der Waals surface area contributed by atoms with Crippen LogP contribution >= 0.6 is 23.2 Å². The summed E-state index contributed by atoms with van der Waals surface area (Å²) in [4.78, 5) is 10.7.